The molecule has 3 heteroatoms. The van der Waals surface area contributed by atoms with Crippen LogP contribution in [0, 0.1) is 18.3 Å². The zero-order valence-electron chi connectivity index (χ0n) is 14.6. The summed E-state index contributed by atoms with van der Waals surface area (Å²) in [6, 6.07) is 27.9. The molecule has 3 aromatic carbocycles. The van der Waals surface area contributed by atoms with Crippen molar-refractivity contribution in [1.29, 1.82) is 5.26 Å². The molecule has 0 bridgehead atoms. The number of rotatable bonds is 6. The van der Waals surface area contributed by atoms with E-state index in [-0.39, 0.29) is 0 Å². The molecule has 0 amide bonds. The Morgan fingerprint density at radius 2 is 1.77 bits per heavy atom. The fraction of sp³-hybridized carbons (Fsp3) is 0.0870. The number of hydrogen-bond donors (Lipinski definition) is 1. The van der Waals surface area contributed by atoms with Gasteiger partial charge in [0.05, 0.1) is 0 Å². The Hall–Kier alpha value is -3.51. The Labute approximate surface area is 154 Å². The van der Waals surface area contributed by atoms with E-state index in [4.69, 9.17) is 4.74 Å². The molecule has 0 heterocycles. The fourth-order valence-corrected chi connectivity index (χ4v) is 2.54. The van der Waals surface area contributed by atoms with Crippen LogP contribution in [0.1, 0.15) is 16.7 Å². The highest BCUT2D eigenvalue weighted by atomic mass is 16.5. The van der Waals surface area contributed by atoms with Crippen molar-refractivity contribution in [1.82, 2.24) is 0 Å². The third-order valence-electron chi connectivity index (χ3n) is 3.86. The van der Waals surface area contributed by atoms with E-state index in [1.165, 1.54) is 0 Å². The number of allylic oxidation sites excluding steroid dienone is 1. The average Bonchev–Trinajstić information content (AvgIpc) is 2.68. The smallest absolute Gasteiger partial charge is 0.119 e. The molecule has 0 aliphatic heterocycles. The maximum absolute atomic E-state index is 9.38. The van der Waals surface area contributed by atoms with Crippen molar-refractivity contribution in [3.05, 3.63) is 101 Å². The van der Waals surface area contributed by atoms with Gasteiger partial charge in [-0.05, 0) is 54.0 Å². The first kappa shape index (κ1) is 17.3. The maximum atomic E-state index is 9.38. The highest BCUT2D eigenvalue weighted by molar-refractivity contribution is 5.64. The van der Waals surface area contributed by atoms with Gasteiger partial charge in [0.15, 0.2) is 0 Å². The lowest BCUT2D eigenvalue weighted by Crippen LogP contribution is -1.97. The Morgan fingerprint density at radius 3 is 2.46 bits per heavy atom. The van der Waals surface area contributed by atoms with Crippen LogP contribution in [0.25, 0.3) is 6.08 Å². The Balaban J connectivity index is 1.65. The van der Waals surface area contributed by atoms with Gasteiger partial charge in [0, 0.05) is 5.69 Å². The SMILES string of the molecule is Cc1cccc(NC(C#N)=Cc2ccc(OCc3ccccc3)cc2)c1. The third kappa shape index (κ3) is 4.99. The summed E-state index contributed by atoms with van der Waals surface area (Å²) < 4.78 is 5.79. The van der Waals surface area contributed by atoms with Gasteiger partial charge in [-0.3, -0.25) is 0 Å². The van der Waals surface area contributed by atoms with Crippen LogP contribution in [0.3, 0.4) is 0 Å². The molecule has 0 spiro atoms. The van der Waals surface area contributed by atoms with Crippen LogP contribution in [0.4, 0.5) is 5.69 Å². The van der Waals surface area contributed by atoms with E-state index in [0.717, 1.165) is 28.1 Å². The average molecular weight is 340 g/mol. The van der Waals surface area contributed by atoms with Crippen LogP contribution in [0.2, 0.25) is 0 Å². The van der Waals surface area contributed by atoms with Gasteiger partial charge in [-0.2, -0.15) is 5.26 Å². The monoisotopic (exact) mass is 340 g/mol. The van der Waals surface area contributed by atoms with Gasteiger partial charge in [0.2, 0.25) is 0 Å². The molecule has 0 fully saturated rings. The molecule has 26 heavy (non-hydrogen) atoms. The topological polar surface area (TPSA) is 45.0 Å². The van der Waals surface area contributed by atoms with E-state index >= 15 is 0 Å². The number of anilines is 1. The van der Waals surface area contributed by atoms with Crippen molar-refractivity contribution in [3.8, 4) is 11.8 Å². The molecule has 0 radical (unpaired) electrons. The van der Waals surface area contributed by atoms with Crippen LogP contribution in [-0.4, -0.2) is 0 Å². The Kier molecular flexibility index (Phi) is 5.69. The molecule has 128 valence electrons. The van der Waals surface area contributed by atoms with Crippen molar-refractivity contribution < 1.29 is 4.74 Å². The molecular weight excluding hydrogens is 320 g/mol. The number of nitriles is 1. The second-order valence-electron chi connectivity index (χ2n) is 6.01. The lowest BCUT2D eigenvalue weighted by Gasteiger charge is -2.07. The number of ether oxygens (including phenoxy) is 1. The summed E-state index contributed by atoms with van der Waals surface area (Å²) in [7, 11) is 0. The van der Waals surface area contributed by atoms with Gasteiger partial charge in [-0.25, -0.2) is 0 Å². The number of nitrogens with one attached hydrogen (secondary N) is 1. The van der Waals surface area contributed by atoms with E-state index in [2.05, 4.69) is 11.4 Å². The van der Waals surface area contributed by atoms with E-state index < -0.39 is 0 Å². The van der Waals surface area contributed by atoms with E-state index in [1.54, 1.807) is 0 Å². The molecular formula is C23H20N2O. The van der Waals surface area contributed by atoms with Crippen LogP contribution >= 0.6 is 0 Å². The minimum atomic E-state index is 0.494. The van der Waals surface area contributed by atoms with Crippen molar-refractivity contribution in [2.24, 2.45) is 0 Å². The number of benzene rings is 3. The maximum Gasteiger partial charge on any atom is 0.119 e. The molecule has 0 aliphatic carbocycles. The molecule has 3 nitrogen and oxygen atoms in total. The second kappa shape index (κ2) is 8.55. The summed E-state index contributed by atoms with van der Waals surface area (Å²) in [4.78, 5) is 0. The molecule has 0 saturated carbocycles. The molecule has 0 unspecified atom stereocenters. The normalized spacial score (nSPS) is 10.8. The quantitative estimate of drug-likeness (QED) is 0.598. The fourth-order valence-electron chi connectivity index (χ4n) is 2.54. The zero-order valence-corrected chi connectivity index (χ0v) is 14.6. The van der Waals surface area contributed by atoms with Gasteiger partial charge >= 0.3 is 0 Å². The first-order valence-electron chi connectivity index (χ1n) is 8.45. The molecule has 1 N–H and O–H groups in total. The first-order valence-corrected chi connectivity index (χ1v) is 8.45. The summed E-state index contributed by atoms with van der Waals surface area (Å²) in [6.45, 7) is 2.56. The Morgan fingerprint density at radius 1 is 1.00 bits per heavy atom. The van der Waals surface area contributed by atoms with Crippen molar-refractivity contribution in [2.45, 2.75) is 13.5 Å². The van der Waals surface area contributed by atoms with Crippen LogP contribution in [-0.2, 0) is 6.61 Å². The Bertz CT molecular complexity index is 922. The zero-order chi connectivity index (χ0) is 18.2. The second-order valence-corrected chi connectivity index (χ2v) is 6.01. The minimum Gasteiger partial charge on any atom is -0.489 e. The molecule has 0 saturated heterocycles. The molecule has 0 aliphatic rings. The van der Waals surface area contributed by atoms with Crippen LogP contribution in [0.15, 0.2) is 84.6 Å². The summed E-state index contributed by atoms with van der Waals surface area (Å²) in [5.41, 5.74) is 4.61. The van der Waals surface area contributed by atoms with Crippen molar-refractivity contribution in [3.63, 3.8) is 0 Å². The van der Waals surface area contributed by atoms with Gasteiger partial charge in [0.1, 0.15) is 24.1 Å². The van der Waals surface area contributed by atoms with Gasteiger partial charge in [-0.15, -0.1) is 0 Å². The van der Waals surface area contributed by atoms with E-state index in [1.807, 2.05) is 91.9 Å². The summed E-state index contributed by atoms with van der Waals surface area (Å²) in [5, 5.41) is 12.5. The van der Waals surface area contributed by atoms with Crippen LogP contribution in [0.5, 0.6) is 5.75 Å². The predicted octanol–water partition coefficient (Wildman–Crippen LogP) is 5.55. The van der Waals surface area contributed by atoms with Crippen molar-refractivity contribution >= 4 is 11.8 Å². The lowest BCUT2D eigenvalue weighted by molar-refractivity contribution is 0.306. The largest absolute Gasteiger partial charge is 0.489 e. The molecule has 0 aromatic heterocycles. The summed E-state index contributed by atoms with van der Waals surface area (Å²) >= 11 is 0. The number of hydrogen-bond acceptors (Lipinski definition) is 3. The standard InChI is InChI=1S/C23H20N2O/c1-18-6-5-9-21(14-18)25-22(16-24)15-19-10-12-23(13-11-19)26-17-20-7-3-2-4-8-20/h2-15,25H,17H2,1H3. The number of nitrogens with zero attached hydrogens (tertiary/aromatic N) is 1. The molecule has 3 rings (SSSR count). The van der Waals surface area contributed by atoms with Gasteiger partial charge in [0.25, 0.3) is 0 Å². The highest BCUT2D eigenvalue weighted by Gasteiger charge is 2.00. The van der Waals surface area contributed by atoms with Crippen molar-refractivity contribution in [2.75, 3.05) is 5.32 Å². The summed E-state index contributed by atoms with van der Waals surface area (Å²) in [6.07, 6.45) is 1.82. The predicted molar refractivity (Wildman–Crippen MR) is 106 cm³/mol. The summed E-state index contributed by atoms with van der Waals surface area (Å²) in [5.74, 6) is 0.802. The minimum absolute atomic E-state index is 0.494. The lowest BCUT2D eigenvalue weighted by atomic mass is 10.1. The molecule has 0 atom stereocenters. The molecule has 3 aromatic rings. The van der Waals surface area contributed by atoms with E-state index in [0.29, 0.717) is 12.3 Å². The highest BCUT2D eigenvalue weighted by Crippen LogP contribution is 2.18. The number of aryl methyl sites for hydroxylation is 1. The van der Waals surface area contributed by atoms with Gasteiger partial charge in [-0.1, -0.05) is 54.6 Å². The third-order valence-corrected chi connectivity index (χ3v) is 3.86. The van der Waals surface area contributed by atoms with E-state index in [9.17, 15) is 5.26 Å². The van der Waals surface area contributed by atoms with Gasteiger partial charge < -0.3 is 10.1 Å². The van der Waals surface area contributed by atoms with Crippen LogP contribution < -0.4 is 10.1 Å². The first-order chi connectivity index (χ1) is 12.7.